The third kappa shape index (κ3) is 2.79. The Hall–Kier alpha value is -1.78. The maximum atomic E-state index is 11.2. The van der Waals surface area contributed by atoms with Gasteiger partial charge in [-0.3, -0.25) is 9.97 Å². The number of rotatable bonds is 3. The molecular weight excluding hydrogens is 420 g/mol. The van der Waals surface area contributed by atoms with Gasteiger partial charge in [0, 0.05) is 11.8 Å². The Morgan fingerprint density at radius 1 is 0.676 bits per heavy atom. The number of hydrogen-bond donors (Lipinski definition) is 2. The van der Waals surface area contributed by atoms with Crippen LogP contribution in [-0.4, -0.2) is 31.4 Å². The van der Waals surface area contributed by atoms with Crippen LogP contribution >= 0.6 is 0 Å². The van der Waals surface area contributed by atoms with Crippen molar-refractivity contribution in [2.45, 2.75) is 103 Å². The zero-order valence-corrected chi connectivity index (χ0v) is 22.0. The molecule has 2 aromatic rings. The van der Waals surface area contributed by atoms with Crippen LogP contribution in [0.3, 0.4) is 0 Å². The molecule has 182 valence electrons. The van der Waals surface area contributed by atoms with Gasteiger partial charge in [0.15, 0.2) is 0 Å². The van der Waals surface area contributed by atoms with Gasteiger partial charge in [0.25, 0.3) is 0 Å². The third-order valence-corrected chi connectivity index (χ3v) is 10.5. The standard InChI is InChI=1S/C30H40N2O2/c1-27(2)17-13-19(27)23(29(5,6)33)25-15(17)9-11-21(31-25)22-12-10-16-18-14-20(28(18,3)4)24(26(16)32-22)30(7,8)34/h9-12,17-20,23-24,33-34H,13-14H2,1-8H3/t17-,18-,19+,20+,23-,24-/m1/s1. The summed E-state index contributed by atoms with van der Waals surface area (Å²) in [6.45, 7) is 17.1. The number of pyridine rings is 2. The van der Waals surface area contributed by atoms with Crippen molar-refractivity contribution in [3.8, 4) is 11.4 Å². The van der Waals surface area contributed by atoms with Crippen LogP contribution in [0.25, 0.3) is 11.4 Å². The molecule has 2 N–H and O–H groups in total. The Bertz CT molecular complexity index is 1090. The van der Waals surface area contributed by atoms with Crippen molar-refractivity contribution in [3.63, 3.8) is 0 Å². The maximum Gasteiger partial charge on any atom is 0.0889 e. The molecule has 6 atom stereocenters. The van der Waals surface area contributed by atoms with Crippen LogP contribution in [0.15, 0.2) is 24.3 Å². The third-order valence-electron chi connectivity index (χ3n) is 10.5. The Balaban J connectivity index is 1.46. The number of nitrogens with zero attached hydrogens (tertiary/aromatic N) is 2. The van der Waals surface area contributed by atoms with E-state index in [1.165, 1.54) is 11.1 Å². The van der Waals surface area contributed by atoms with Gasteiger partial charge in [0.2, 0.25) is 0 Å². The highest BCUT2D eigenvalue weighted by Gasteiger charge is 2.61. The molecule has 2 aromatic heterocycles. The van der Waals surface area contributed by atoms with Crippen molar-refractivity contribution < 1.29 is 10.2 Å². The first kappa shape index (κ1) is 22.7. The quantitative estimate of drug-likeness (QED) is 0.577. The summed E-state index contributed by atoms with van der Waals surface area (Å²) >= 11 is 0. The largest absolute Gasteiger partial charge is 0.390 e. The van der Waals surface area contributed by atoms with Crippen molar-refractivity contribution >= 4 is 0 Å². The summed E-state index contributed by atoms with van der Waals surface area (Å²) in [7, 11) is 0. The normalized spacial score (nSPS) is 34.4. The van der Waals surface area contributed by atoms with Gasteiger partial charge in [0.05, 0.1) is 34.0 Å². The Kier molecular flexibility index (Phi) is 4.34. The molecule has 0 unspecified atom stereocenters. The van der Waals surface area contributed by atoms with Crippen LogP contribution < -0.4 is 0 Å². The molecule has 34 heavy (non-hydrogen) atoms. The minimum atomic E-state index is -0.824. The van der Waals surface area contributed by atoms with E-state index in [9.17, 15) is 10.2 Å². The van der Waals surface area contributed by atoms with Crippen LogP contribution in [0.1, 0.15) is 114 Å². The molecule has 2 fully saturated rings. The van der Waals surface area contributed by atoms with Gasteiger partial charge < -0.3 is 10.2 Å². The SMILES string of the molecule is CC(C)(O)[C@H]1c2nc(-c3ccc4c(n3)[C@H](C(C)(C)O)[C@@H]3C[C@H]4C3(C)C)ccc2[C@H]2C[C@@H]1C2(C)C. The number of aromatic nitrogens is 2. The highest BCUT2D eigenvalue weighted by atomic mass is 16.3. The van der Waals surface area contributed by atoms with Crippen molar-refractivity contribution in [1.29, 1.82) is 0 Å². The Morgan fingerprint density at radius 2 is 1.03 bits per heavy atom. The summed E-state index contributed by atoms with van der Waals surface area (Å²) in [5.74, 6) is 1.96. The predicted octanol–water partition coefficient (Wildman–Crippen LogP) is 6.14. The molecule has 0 spiro atoms. The molecule has 0 aliphatic heterocycles. The van der Waals surface area contributed by atoms with Gasteiger partial charge in [-0.2, -0.15) is 0 Å². The average molecular weight is 461 g/mol. The topological polar surface area (TPSA) is 66.2 Å². The summed E-state index contributed by atoms with van der Waals surface area (Å²) in [6, 6.07) is 8.73. The molecule has 2 saturated carbocycles. The zero-order chi connectivity index (χ0) is 24.6. The van der Waals surface area contributed by atoms with E-state index < -0.39 is 11.2 Å². The fraction of sp³-hybridized carbons (Fsp3) is 0.667. The predicted molar refractivity (Wildman–Crippen MR) is 135 cm³/mol. The van der Waals surface area contributed by atoms with Crippen LogP contribution in [0.5, 0.6) is 0 Å². The summed E-state index contributed by atoms with van der Waals surface area (Å²) in [6.07, 6.45) is 2.28. The van der Waals surface area contributed by atoms with E-state index >= 15 is 0 Å². The maximum absolute atomic E-state index is 11.2. The van der Waals surface area contributed by atoms with Gasteiger partial charge in [-0.15, -0.1) is 0 Å². The van der Waals surface area contributed by atoms with Crippen molar-refractivity contribution in [2.24, 2.45) is 22.7 Å². The fourth-order valence-electron chi connectivity index (χ4n) is 8.48. The van der Waals surface area contributed by atoms with E-state index in [0.717, 1.165) is 35.6 Å². The lowest BCUT2D eigenvalue weighted by Gasteiger charge is -2.62. The Labute approximate surface area is 204 Å². The number of hydrogen-bond acceptors (Lipinski definition) is 4. The van der Waals surface area contributed by atoms with Crippen LogP contribution in [0, 0.1) is 22.7 Å². The minimum absolute atomic E-state index is 0.0256. The van der Waals surface area contributed by atoms with E-state index in [-0.39, 0.29) is 22.7 Å². The van der Waals surface area contributed by atoms with E-state index in [1.54, 1.807) is 0 Å². The van der Waals surface area contributed by atoms with E-state index in [1.807, 2.05) is 27.7 Å². The second-order valence-corrected chi connectivity index (χ2v) is 14.0. The summed E-state index contributed by atoms with van der Waals surface area (Å²) < 4.78 is 0. The minimum Gasteiger partial charge on any atom is -0.390 e. The highest BCUT2D eigenvalue weighted by Crippen LogP contribution is 2.69. The van der Waals surface area contributed by atoms with E-state index in [0.29, 0.717) is 23.7 Å². The van der Waals surface area contributed by atoms with Gasteiger partial charge in [0.1, 0.15) is 0 Å². The van der Waals surface area contributed by atoms with Gasteiger partial charge in [-0.05, 0) is 98.3 Å². The lowest BCUT2D eigenvalue weighted by Crippen LogP contribution is -2.55. The fourth-order valence-corrected chi connectivity index (χ4v) is 8.48. The second kappa shape index (κ2) is 6.50. The van der Waals surface area contributed by atoms with Gasteiger partial charge in [-0.1, -0.05) is 39.8 Å². The molecule has 6 aliphatic carbocycles. The van der Waals surface area contributed by atoms with Crippen LogP contribution in [0.2, 0.25) is 0 Å². The van der Waals surface area contributed by atoms with Gasteiger partial charge in [-0.25, -0.2) is 0 Å². The molecule has 2 heterocycles. The first-order valence-corrected chi connectivity index (χ1v) is 13.1. The first-order chi connectivity index (χ1) is 15.6. The summed E-state index contributed by atoms with van der Waals surface area (Å²) in [4.78, 5) is 10.4. The first-order valence-electron chi connectivity index (χ1n) is 13.1. The second-order valence-electron chi connectivity index (χ2n) is 14.0. The lowest BCUT2D eigenvalue weighted by atomic mass is 9.43. The van der Waals surface area contributed by atoms with Crippen molar-refractivity contribution in [3.05, 3.63) is 46.8 Å². The van der Waals surface area contributed by atoms with Crippen molar-refractivity contribution in [2.75, 3.05) is 0 Å². The zero-order valence-electron chi connectivity index (χ0n) is 22.0. The summed E-state index contributed by atoms with van der Waals surface area (Å²) in [5, 5.41) is 22.3. The molecule has 0 radical (unpaired) electrons. The van der Waals surface area contributed by atoms with E-state index in [2.05, 4.69) is 52.0 Å². The molecule has 0 aromatic carbocycles. The van der Waals surface area contributed by atoms with Crippen LogP contribution in [-0.2, 0) is 0 Å². The lowest BCUT2D eigenvalue weighted by molar-refractivity contribution is -0.0793. The van der Waals surface area contributed by atoms with Crippen LogP contribution in [0.4, 0.5) is 0 Å². The van der Waals surface area contributed by atoms with Gasteiger partial charge >= 0.3 is 0 Å². The monoisotopic (exact) mass is 460 g/mol. The Morgan fingerprint density at radius 3 is 1.32 bits per heavy atom. The van der Waals surface area contributed by atoms with E-state index in [4.69, 9.17) is 9.97 Å². The summed E-state index contributed by atoms with van der Waals surface area (Å²) in [5.41, 5.74) is 5.23. The van der Waals surface area contributed by atoms with Crippen molar-refractivity contribution in [1.82, 2.24) is 9.97 Å². The molecule has 0 amide bonds. The molecule has 8 rings (SSSR count). The number of aliphatic hydroxyl groups is 2. The molecule has 4 heteroatoms. The highest BCUT2D eigenvalue weighted by molar-refractivity contribution is 5.59. The molecular formula is C30H40N2O2. The average Bonchev–Trinajstić information content (AvgIpc) is 2.74. The smallest absolute Gasteiger partial charge is 0.0889 e. The molecule has 6 aliphatic rings. The molecule has 4 nitrogen and oxygen atoms in total. The molecule has 4 bridgehead atoms. The molecule has 0 saturated heterocycles.